The van der Waals surface area contributed by atoms with Crippen molar-refractivity contribution in [1.29, 1.82) is 0 Å². The summed E-state index contributed by atoms with van der Waals surface area (Å²) in [7, 11) is 2.98. The molecule has 0 saturated carbocycles. The van der Waals surface area contributed by atoms with Crippen LogP contribution in [0.4, 0.5) is 0 Å². The van der Waals surface area contributed by atoms with Crippen LogP contribution in [0.2, 0.25) is 0 Å². The smallest absolute Gasteiger partial charge is 0.341 e. The molecule has 0 bridgehead atoms. The maximum atomic E-state index is 12.2. The van der Waals surface area contributed by atoms with Crippen molar-refractivity contribution in [2.24, 2.45) is 0 Å². The topological polar surface area (TPSA) is 72.6 Å². The van der Waals surface area contributed by atoms with Crippen molar-refractivity contribution in [3.8, 4) is 0 Å². The molecule has 0 aliphatic carbocycles. The number of amides is 1. The molecule has 0 atom stereocenters. The molecule has 0 aliphatic heterocycles. The lowest BCUT2D eigenvalue weighted by molar-refractivity contribution is 0.0598. The molecule has 0 spiro atoms. The van der Waals surface area contributed by atoms with Crippen LogP contribution in [0.15, 0.2) is 35.0 Å². The zero-order chi connectivity index (χ0) is 15.4. The van der Waals surface area contributed by atoms with Gasteiger partial charge in [0.25, 0.3) is 5.91 Å². The second kappa shape index (κ2) is 6.21. The third kappa shape index (κ3) is 3.28. The fraction of sp³-hybridized carbons (Fsp3) is 0.267. The highest BCUT2D eigenvalue weighted by atomic mass is 16.5. The van der Waals surface area contributed by atoms with Gasteiger partial charge >= 0.3 is 5.97 Å². The predicted molar refractivity (Wildman–Crippen MR) is 74.8 cm³/mol. The van der Waals surface area contributed by atoms with E-state index in [4.69, 9.17) is 4.42 Å². The number of aromatic nitrogens is 1. The molecule has 0 radical (unpaired) electrons. The average Bonchev–Trinajstić information content (AvgIpc) is 2.87. The standard InChI is InChI=1S/C15H16N2O4/c1-10-13(15(19)20-3)8-12(21-10)9-17(2)14(18)11-4-6-16-7-5-11/h4-8H,9H2,1-3H3. The molecule has 2 aromatic rings. The van der Waals surface area contributed by atoms with Gasteiger partial charge in [-0.2, -0.15) is 0 Å². The summed E-state index contributed by atoms with van der Waals surface area (Å²) in [4.78, 5) is 29.1. The highest BCUT2D eigenvalue weighted by Crippen LogP contribution is 2.17. The molecule has 0 saturated heterocycles. The van der Waals surface area contributed by atoms with E-state index in [-0.39, 0.29) is 12.5 Å². The van der Waals surface area contributed by atoms with Gasteiger partial charge in [-0.25, -0.2) is 4.79 Å². The van der Waals surface area contributed by atoms with Gasteiger partial charge in [0, 0.05) is 25.0 Å². The molecule has 0 N–H and O–H groups in total. The monoisotopic (exact) mass is 288 g/mol. The van der Waals surface area contributed by atoms with Crippen LogP contribution in [0.25, 0.3) is 0 Å². The molecule has 110 valence electrons. The van der Waals surface area contributed by atoms with Gasteiger partial charge < -0.3 is 14.1 Å². The minimum absolute atomic E-state index is 0.147. The third-order valence-corrected chi connectivity index (χ3v) is 3.04. The molecule has 21 heavy (non-hydrogen) atoms. The normalized spacial score (nSPS) is 10.2. The summed E-state index contributed by atoms with van der Waals surface area (Å²) in [5.74, 6) is 0.399. The van der Waals surface area contributed by atoms with Gasteiger partial charge in [-0.15, -0.1) is 0 Å². The number of methoxy groups -OCH3 is 1. The van der Waals surface area contributed by atoms with Crippen LogP contribution < -0.4 is 0 Å². The SMILES string of the molecule is COC(=O)c1cc(CN(C)C(=O)c2ccncc2)oc1C. The summed E-state index contributed by atoms with van der Waals surface area (Å²) >= 11 is 0. The first kappa shape index (κ1) is 14.8. The molecule has 1 amide bonds. The first-order valence-electron chi connectivity index (χ1n) is 6.36. The van der Waals surface area contributed by atoms with Crippen molar-refractivity contribution < 1.29 is 18.7 Å². The van der Waals surface area contributed by atoms with Gasteiger partial charge in [0.2, 0.25) is 0 Å². The highest BCUT2D eigenvalue weighted by molar-refractivity contribution is 5.94. The van der Waals surface area contributed by atoms with Gasteiger partial charge in [0.05, 0.1) is 13.7 Å². The van der Waals surface area contributed by atoms with Gasteiger partial charge in [0.1, 0.15) is 17.1 Å². The number of ether oxygens (including phenoxy) is 1. The second-order valence-corrected chi connectivity index (χ2v) is 4.57. The number of hydrogen-bond acceptors (Lipinski definition) is 5. The largest absolute Gasteiger partial charge is 0.465 e. The van der Waals surface area contributed by atoms with Crippen molar-refractivity contribution in [2.45, 2.75) is 13.5 Å². The van der Waals surface area contributed by atoms with E-state index in [0.717, 1.165) is 0 Å². The summed E-state index contributed by atoms with van der Waals surface area (Å²) in [6, 6.07) is 4.88. The lowest BCUT2D eigenvalue weighted by Gasteiger charge is -2.15. The minimum atomic E-state index is -0.453. The number of furan rings is 1. The van der Waals surface area contributed by atoms with Crippen LogP contribution in [0.3, 0.4) is 0 Å². The molecule has 2 aromatic heterocycles. The van der Waals surface area contributed by atoms with Gasteiger partial charge in [0.15, 0.2) is 0 Å². The number of aryl methyl sites for hydroxylation is 1. The van der Waals surface area contributed by atoms with Crippen LogP contribution >= 0.6 is 0 Å². The summed E-state index contributed by atoms with van der Waals surface area (Å²) in [6.45, 7) is 1.94. The van der Waals surface area contributed by atoms with Crippen LogP contribution in [-0.4, -0.2) is 35.9 Å². The Labute approximate surface area is 122 Å². The van der Waals surface area contributed by atoms with Gasteiger partial charge in [-0.1, -0.05) is 0 Å². The maximum absolute atomic E-state index is 12.2. The zero-order valence-electron chi connectivity index (χ0n) is 12.1. The number of carbonyl (C=O) groups is 2. The number of nitrogens with zero attached hydrogens (tertiary/aromatic N) is 2. The van der Waals surface area contributed by atoms with E-state index in [1.807, 2.05) is 0 Å². The van der Waals surface area contributed by atoms with E-state index in [2.05, 4.69) is 9.72 Å². The average molecular weight is 288 g/mol. The number of pyridine rings is 1. The Bertz CT molecular complexity index is 649. The van der Waals surface area contributed by atoms with Crippen molar-refractivity contribution >= 4 is 11.9 Å². The van der Waals surface area contributed by atoms with Gasteiger partial charge in [-0.05, 0) is 25.1 Å². The molecule has 0 unspecified atom stereocenters. The maximum Gasteiger partial charge on any atom is 0.341 e. The van der Waals surface area contributed by atoms with Gasteiger partial charge in [-0.3, -0.25) is 9.78 Å². The fourth-order valence-corrected chi connectivity index (χ4v) is 1.95. The van der Waals surface area contributed by atoms with Crippen molar-refractivity contribution in [2.75, 3.05) is 14.2 Å². The van der Waals surface area contributed by atoms with E-state index in [0.29, 0.717) is 22.6 Å². The Morgan fingerprint density at radius 2 is 2.00 bits per heavy atom. The van der Waals surface area contributed by atoms with Crippen molar-refractivity contribution in [3.05, 3.63) is 53.2 Å². The quantitative estimate of drug-likeness (QED) is 0.805. The predicted octanol–water partition coefficient (Wildman–Crippen LogP) is 2.04. The van der Waals surface area contributed by atoms with E-state index in [9.17, 15) is 9.59 Å². The Balaban J connectivity index is 2.11. The lowest BCUT2D eigenvalue weighted by Crippen LogP contribution is -2.25. The fourth-order valence-electron chi connectivity index (χ4n) is 1.95. The van der Waals surface area contributed by atoms with E-state index >= 15 is 0 Å². The first-order valence-corrected chi connectivity index (χ1v) is 6.36. The molecule has 2 rings (SSSR count). The van der Waals surface area contributed by atoms with Crippen LogP contribution in [0.1, 0.15) is 32.2 Å². The molecular weight excluding hydrogens is 272 g/mol. The molecule has 6 nitrogen and oxygen atoms in total. The summed E-state index contributed by atoms with van der Waals surface area (Å²) < 4.78 is 10.2. The van der Waals surface area contributed by atoms with Crippen LogP contribution in [-0.2, 0) is 11.3 Å². The van der Waals surface area contributed by atoms with Crippen LogP contribution in [0, 0.1) is 6.92 Å². The Hall–Kier alpha value is -2.63. The number of esters is 1. The number of rotatable bonds is 4. The Morgan fingerprint density at radius 1 is 1.33 bits per heavy atom. The summed E-state index contributed by atoms with van der Waals surface area (Å²) in [5.41, 5.74) is 0.918. The first-order chi connectivity index (χ1) is 10.0. The minimum Gasteiger partial charge on any atom is -0.465 e. The second-order valence-electron chi connectivity index (χ2n) is 4.57. The third-order valence-electron chi connectivity index (χ3n) is 3.04. The lowest BCUT2D eigenvalue weighted by atomic mass is 10.2. The molecule has 6 heteroatoms. The van der Waals surface area contributed by atoms with E-state index in [1.165, 1.54) is 12.0 Å². The molecular formula is C15H16N2O4. The number of hydrogen-bond donors (Lipinski definition) is 0. The Morgan fingerprint density at radius 3 is 2.62 bits per heavy atom. The van der Waals surface area contributed by atoms with Crippen LogP contribution in [0.5, 0.6) is 0 Å². The molecule has 2 heterocycles. The summed E-state index contributed by atoms with van der Waals surface area (Å²) in [6.07, 6.45) is 3.13. The molecule has 0 aliphatic rings. The van der Waals surface area contributed by atoms with Crippen molar-refractivity contribution in [3.63, 3.8) is 0 Å². The Kier molecular flexibility index (Phi) is 4.37. The molecule has 0 fully saturated rings. The highest BCUT2D eigenvalue weighted by Gasteiger charge is 2.18. The molecule has 0 aromatic carbocycles. The van der Waals surface area contributed by atoms with E-state index < -0.39 is 5.97 Å². The van der Waals surface area contributed by atoms with Crippen molar-refractivity contribution in [1.82, 2.24) is 9.88 Å². The van der Waals surface area contributed by atoms with E-state index in [1.54, 1.807) is 44.6 Å². The summed E-state index contributed by atoms with van der Waals surface area (Å²) in [5, 5.41) is 0. The zero-order valence-corrected chi connectivity index (χ0v) is 12.1. The number of carbonyl (C=O) groups excluding carboxylic acids is 2.